The molecule has 1 aromatic heterocycles. The number of nitrogens with one attached hydrogen (secondary N) is 1. The minimum absolute atomic E-state index is 0.528. The van der Waals surface area contributed by atoms with Gasteiger partial charge in [-0.25, -0.2) is 4.98 Å². The highest BCUT2D eigenvalue weighted by Gasteiger charge is 2.01. The molecule has 0 bridgehead atoms. The van der Waals surface area contributed by atoms with Gasteiger partial charge in [0.2, 0.25) is 0 Å². The second-order valence-corrected chi connectivity index (χ2v) is 4.37. The number of aromatic nitrogens is 1. The summed E-state index contributed by atoms with van der Waals surface area (Å²) in [5.41, 5.74) is 4.17. The molecule has 1 N–H and O–H groups in total. The number of hydrogen-bond acceptors (Lipinski definition) is 3. The van der Waals surface area contributed by atoms with Crippen molar-refractivity contribution in [3.8, 4) is 0 Å². The Morgan fingerprint density at radius 3 is 3.14 bits per heavy atom. The van der Waals surface area contributed by atoms with Gasteiger partial charge in [-0.05, 0) is 31.5 Å². The maximum Gasteiger partial charge on any atom is 0.0813 e. The number of fused-ring (bicyclic) bond motifs is 1. The van der Waals surface area contributed by atoms with E-state index in [0.717, 1.165) is 11.9 Å². The van der Waals surface area contributed by atoms with Crippen LogP contribution in [0, 0.1) is 0 Å². The summed E-state index contributed by atoms with van der Waals surface area (Å²) in [4.78, 5) is 4.25. The Labute approximate surface area is 88.0 Å². The van der Waals surface area contributed by atoms with Crippen molar-refractivity contribution in [3.05, 3.63) is 23.7 Å². The molecule has 1 aromatic carbocycles. The SMILES string of the molecule is CCC(C)Nc1ccc2ncsc2c1. The zero-order valence-corrected chi connectivity index (χ0v) is 9.27. The van der Waals surface area contributed by atoms with E-state index in [1.165, 1.54) is 10.4 Å². The van der Waals surface area contributed by atoms with Crippen molar-refractivity contribution in [2.24, 2.45) is 0 Å². The van der Waals surface area contributed by atoms with Crippen LogP contribution in [0.3, 0.4) is 0 Å². The number of thiazole rings is 1. The van der Waals surface area contributed by atoms with E-state index in [1.54, 1.807) is 11.3 Å². The molecule has 14 heavy (non-hydrogen) atoms. The van der Waals surface area contributed by atoms with E-state index >= 15 is 0 Å². The fourth-order valence-electron chi connectivity index (χ4n) is 1.33. The Balaban J connectivity index is 2.25. The van der Waals surface area contributed by atoms with E-state index in [-0.39, 0.29) is 0 Å². The standard InChI is InChI=1S/C11H14N2S/c1-3-8(2)13-9-4-5-10-11(6-9)14-7-12-10/h4-8,13H,3H2,1-2H3. The summed E-state index contributed by atoms with van der Waals surface area (Å²) in [6, 6.07) is 6.85. The first-order chi connectivity index (χ1) is 6.79. The van der Waals surface area contributed by atoms with Crippen LogP contribution in [0.2, 0.25) is 0 Å². The van der Waals surface area contributed by atoms with E-state index in [2.05, 4.69) is 42.3 Å². The monoisotopic (exact) mass is 206 g/mol. The number of rotatable bonds is 3. The predicted molar refractivity (Wildman–Crippen MR) is 63.0 cm³/mol. The molecule has 2 aromatic rings. The van der Waals surface area contributed by atoms with Crippen molar-refractivity contribution in [2.75, 3.05) is 5.32 Å². The lowest BCUT2D eigenvalue weighted by Crippen LogP contribution is -2.12. The molecule has 0 radical (unpaired) electrons. The molecule has 1 unspecified atom stereocenters. The lowest BCUT2D eigenvalue weighted by atomic mass is 10.2. The third kappa shape index (κ3) is 1.87. The van der Waals surface area contributed by atoms with Crippen LogP contribution in [-0.2, 0) is 0 Å². The van der Waals surface area contributed by atoms with Gasteiger partial charge in [0.15, 0.2) is 0 Å². The molecule has 1 heterocycles. The van der Waals surface area contributed by atoms with E-state index in [1.807, 2.05) is 5.51 Å². The van der Waals surface area contributed by atoms with Gasteiger partial charge in [-0.2, -0.15) is 0 Å². The third-order valence-electron chi connectivity index (χ3n) is 2.36. The Morgan fingerprint density at radius 2 is 2.36 bits per heavy atom. The summed E-state index contributed by atoms with van der Waals surface area (Å²) in [6.07, 6.45) is 1.14. The van der Waals surface area contributed by atoms with Crippen LogP contribution in [0.15, 0.2) is 23.7 Å². The van der Waals surface area contributed by atoms with E-state index < -0.39 is 0 Å². The Morgan fingerprint density at radius 1 is 1.50 bits per heavy atom. The van der Waals surface area contributed by atoms with Crippen molar-refractivity contribution in [3.63, 3.8) is 0 Å². The Bertz CT molecular complexity index is 422. The second-order valence-electron chi connectivity index (χ2n) is 3.49. The zero-order chi connectivity index (χ0) is 9.97. The average Bonchev–Trinajstić information content (AvgIpc) is 2.64. The van der Waals surface area contributed by atoms with E-state index in [4.69, 9.17) is 0 Å². The maximum absolute atomic E-state index is 4.25. The molecular weight excluding hydrogens is 192 g/mol. The highest BCUT2D eigenvalue weighted by molar-refractivity contribution is 7.16. The summed E-state index contributed by atoms with van der Waals surface area (Å²) in [6.45, 7) is 4.37. The zero-order valence-electron chi connectivity index (χ0n) is 8.45. The van der Waals surface area contributed by atoms with Crippen LogP contribution in [0.5, 0.6) is 0 Å². The number of nitrogens with zero attached hydrogens (tertiary/aromatic N) is 1. The summed E-state index contributed by atoms with van der Waals surface area (Å²) in [5, 5.41) is 3.45. The van der Waals surface area contributed by atoms with Crippen LogP contribution < -0.4 is 5.32 Å². The van der Waals surface area contributed by atoms with Gasteiger partial charge in [-0.1, -0.05) is 6.92 Å². The van der Waals surface area contributed by atoms with Gasteiger partial charge in [0.25, 0.3) is 0 Å². The summed E-state index contributed by atoms with van der Waals surface area (Å²) in [5.74, 6) is 0. The minimum Gasteiger partial charge on any atom is -0.383 e. The number of anilines is 1. The quantitative estimate of drug-likeness (QED) is 0.831. The molecule has 0 spiro atoms. The van der Waals surface area contributed by atoms with Crippen LogP contribution in [-0.4, -0.2) is 11.0 Å². The molecule has 0 amide bonds. The van der Waals surface area contributed by atoms with Gasteiger partial charge in [0.1, 0.15) is 0 Å². The molecule has 0 aliphatic heterocycles. The van der Waals surface area contributed by atoms with Gasteiger partial charge in [0.05, 0.1) is 15.7 Å². The van der Waals surface area contributed by atoms with Crippen molar-refractivity contribution in [2.45, 2.75) is 26.3 Å². The molecule has 0 saturated heterocycles. The first kappa shape index (κ1) is 9.46. The van der Waals surface area contributed by atoms with Crippen molar-refractivity contribution in [1.82, 2.24) is 4.98 Å². The number of benzene rings is 1. The lowest BCUT2D eigenvalue weighted by Gasteiger charge is -2.12. The smallest absolute Gasteiger partial charge is 0.0813 e. The first-order valence-corrected chi connectivity index (χ1v) is 5.77. The van der Waals surface area contributed by atoms with Gasteiger partial charge in [0, 0.05) is 11.7 Å². The number of hydrogen-bond donors (Lipinski definition) is 1. The first-order valence-electron chi connectivity index (χ1n) is 4.89. The molecule has 0 fully saturated rings. The van der Waals surface area contributed by atoms with E-state index in [9.17, 15) is 0 Å². The highest BCUT2D eigenvalue weighted by Crippen LogP contribution is 2.22. The van der Waals surface area contributed by atoms with Crippen LogP contribution in [0.1, 0.15) is 20.3 Å². The van der Waals surface area contributed by atoms with Gasteiger partial charge in [-0.15, -0.1) is 11.3 Å². The Kier molecular flexibility index (Phi) is 2.68. The van der Waals surface area contributed by atoms with Crippen LogP contribution in [0.25, 0.3) is 10.2 Å². The Hall–Kier alpha value is -1.09. The summed E-state index contributed by atoms with van der Waals surface area (Å²) >= 11 is 1.69. The van der Waals surface area contributed by atoms with Gasteiger partial charge in [-0.3, -0.25) is 0 Å². The van der Waals surface area contributed by atoms with Gasteiger partial charge < -0.3 is 5.32 Å². The fourth-order valence-corrected chi connectivity index (χ4v) is 2.05. The van der Waals surface area contributed by atoms with E-state index in [0.29, 0.717) is 6.04 Å². The molecule has 74 valence electrons. The summed E-state index contributed by atoms with van der Waals surface area (Å²) in [7, 11) is 0. The van der Waals surface area contributed by atoms with Crippen LogP contribution in [0.4, 0.5) is 5.69 Å². The second kappa shape index (κ2) is 3.96. The van der Waals surface area contributed by atoms with Crippen molar-refractivity contribution in [1.29, 1.82) is 0 Å². The topological polar surface area (TPSA) is 24.9 Å². The average molecular weight is 206 g/mol. The van der Waals surface area contributed by atoms with Crippen LogP contribution >= 0.6 is 11.3 Å². The molecule has 0 aliphatic rings. The molecule has 0 saturated carbocycles. The lowest BCUT2D eigenvalue weighted by molar-refractivity contribution is 0.764. The minimum atomic E-state index is 0.528. The largest absolute Gasteiger partial charge is 0.383 e. The molecule has 3 heteroatoms. The highest BCUT2D eigenvalue weighted by atomic mass is 32.1. The van der Waals surface area contributed by atoms with Gasteiger partial charge >= 0.3 is 0 Å². The molecule has 2 nitrogen and oxygen atoms in total. The molecular formula is C11H14N2S. The molecule has 0 aliphatic carbocycles. The van der Waals surface area contributed by atoms with Crippen molar-refractivity contribution < 1.29 is 0 Å². The molecule has 2 rings (SSSR count). The fraction of sp³-hybridized carbons (Fsp3) is 0.364. The van der Waals surface area contributed by atoms with Crippen molar-refractivity contribution >= 4 is 27.2 Å². The summed E-state index contributed by atoms with van der Waals surface area (Å²) < 4.78 is 1.25. The maximum atomic E-state index is 4.25. The predicted octanol–water partition coefficient (Wildman–Crippen LogP) is 3.51. The molecule has 1 atom stereocenters. The normalized spacial score (nSPS) is 13.0. The third-order valence-corrected chi connectivity index (χ3v) is 3.15.